The van der Waals surface area contributed by atoms with Crippen LogP contribution in [-0.2, 0) is 0 Å². The molecule has 3 rings (SSSR count). The molecule has 0 aromatic heterocycles. The molecule has 0 fully saturated rings. The fourth-order valence-corrected chi connectivity index (χ4v) is 2.16. The lowest BCUT2D eigenvalue weighted by Crippen LogP contribution is -1.89. The van der Waals surface area contributed by atoms with Crippen LogP contribution in [0.5, 0.6) is 11.5 Å². The Hall–Kier alpha value is -2.26. The highest BCUT2D eigenvalue weighted by molar-refractivity contribution is 6.10. The molecule has 84 valence electrons. The van der Waals surface area contributed by atoms with Gasteiger partial charge in [-0.3, -0.25) is 0 Å². The van der Waals surface area contributed by atoms with Gasteiger partial charge < -0.3 is 9.99 Å². The second kappa shape index (κ2) is 3.64. The van der Waals surface area contributed by atoms with Crippen molar-refractivity contribution in [3.05, 3.63) is 48.5 Å². The van der Waals surface area contributed by atoms with E-state index in [4.69, 9.17) is 5.26 Å². The summed E-state index contributed by atoms with van der Waals surface area (Å²) in [6.07, 6.45) is 0. The van der Waals surface area contributed by atoms with Gasteiger partial charge in [-0.05, 0) is 0 Å². The molecule has 3 nitrogen and oxygen atoms in total. The van der Waals surface area contributed by atoms with E-state index in [0.29, 0.717) is 27.3 Å². The summed E-state index contributed by atoms with van der Waals surface area (Å²) in [5.41, 5.74) is 0. The van der Waals surface area contributed by atoms with E-state index < -0.39 is 0 Å². The van der Waals surface area contributed by atoms with E-state index in [0.717, 1.165) is 0 Å². The third-order valence-corrected chi connectivity index (χ3v) is 2.94. The van der Waals surface area contributed by atoms with E-state index in [9.17, 15) is 5.11 Å². The van der Waals surface area contributed by atoms with Crippen molar-refractivity contribution in [1.29, 1.82) is 0 Å². The maximum absolute atomic E-state index is 10.2. The average molecular weight is 226 g/mol. The number of fused-ring (bicyclic) bond motifs is 2. The predicted molar refractivity (Wildman–Crippen MR) is 66.4 cm³/mol. The molecule has 0 bridgehead atoms. The smallest absolute Gasteiger partial charge is 0.180 e. The Morgan fingerprint density at radius 2 is 1.12 bits per heavy atom. The molecule has 0 amide bonds. The van der Waals surface area contributed by atoms with Crippen molar-refractivity contribution < 1.29 is 15.3 Å². The van der Waals surface area contributed by atoms with Gasteiger partial charge in [-0.1, -0.05) is 48.5 Å². The molecule has 0 radical (unpaired) electrons. The molecule has 17 heavy (non-hydrogen) atoms. The van der Waals surface area contributed by atoms with Crippen LogP contribution in [0, 0.1) is 0 Å². The molecular formula is C14H10O3. The summed E-state index contributed by atoms with van der Waals surface area (Å²) in [5, 5.41) is 21.9. The van der Waals surface area contributed by atoms with Gasteiger partial charge in [0.05, 0.1) is 0 Å². The van der Waals surface area contributed by atoms with Crippen molar-refractivity contribution in [2.45, 2.75) is 0 Å². The first kappa shape index (κ1) is 9.93. The van der Waals surface area contributed by atoms with Crippen LogP contribution in [0.25, 0.3) is 21.5 Å². The SMILES string of the molecule is OOc1c2ccccc2c(O)c2ccccc12. The lowest BCUT2D eigenvalue weighted by molar-refractivity contribution is -0.134. The van der Waals surface area contributed by atoms with Gasteiger partial charge in [-0.15, -0.1) is 0 Å². The molecule has 3 heteroatoms. The van der Waals surface area contributed by atoms with E-state index >= 15 is 0 Å². The van der Waals surface area contributed by atoms with Gasteiger partial charge in [0.2, 0.25) is 0 Å². The van der Waals surface area contributed by atoms with Crippen LogP contribution in [0.15, 0.2) is 48.5 Å². The zero-order valence-electron chi connectivity index (χ0n) is 8.92. The first-order valence-corrected chi connectivity index (χ1v) is 5.27. The minimum Gasteiger partial charge on any atom is -0.507 e. The van der Waals surface area contributed by atoms with Gasteiger partial charge in [0.15, 0.2) is 5.75 Å². The van der Waals surface area contributed by atoms with Crippen molar-refractivity contribution in [3.63, 3.8) is 0 Å². The number of phenolic OH excluding ortho intramolecular Hbond substituents is 1. The molecule has 0 atom stereocenters. The number of benzene rings is 3. The van der Waals surface area contributed by atoms with Gasteiger partial charge in [-0.25, -0.2) is 5.26 Å². The molecule has 0 saturated heterocycles. The number of hydrogen-bond acceptors (Lipinski definition) is 3. The molecule has 3 aromatic rings. The minimum atomic E-state index is 0.206. The Bertz CT molecular complexity index is 647. The summed E-state index contributed by atoms with van der Waals surface area (Å²) in [6, 6.07) is 14.5. The number of phenols is 1. The fraction of sp³-hybridized carbons (Fsp3) is 0. The van der Waals surface area contributed by atoms with Gasteiger partial charge in [-0.2, -0.15) is 0 Å². The molecule has 0 aliphatic rings. The van der Waals surface area contributed by atoms with Crippen LogP contribution in [0.4, 0.5) is 0 Å². The number of rotatable bonds is 1. The quantitative estimate of drug-likeness (QED) is 0.379. The number of aromatic hydroxyl groups is 1. The number of hydrogen-bond donors (Lipinski definition) is 2. The third-order valence-electron chi connectivity index (χ3n) is 2.94. The van der Waals surface area contributed by atoms with E-state index in [1.165, 1.54) is 0 Å². The van der Waals surface area contributed by atoms with Gasteiger partial charge >= 0.3 is 0 Å². The summed E-state index contributed by atoms with van der Waals surface area (Å²) in [4.78, 5) is 4.48. The first-order chi connectivity index (χ1) is 8.33. The standard InChI is InChI=1S/C14H10O3/c15-13-9-5-1-3-7-11(9)14(17-16)12-8-4-2-6-10(12)13/h1-8,15-16H. The Labute approximate surface area is 97.4 Å². The summed E-state index contributed by atoms with van der Waals surface area (Å²) in [7, 11) is 0. The molecular weight excluding hydrogens is 216 g/mol. The summed E-state index contributed by atoms with van der Waals surface area (Å²) in [5.74, 6) is 0.575. The minimum absolute atomic E-state index is 0.206. The van der Waals surface area contributed by atoms with E-state index in [1.54, 1.807) is 24.3 Å². The van der Waals surface area contributed by atoms with Crippen molar-refractivity contribution in [3.8, 4) is 11.5 Å². The van der Waals surface area contributed by atoms with Crippen LogP contribution >= 0.6 is 0 Å². The van der Waals surface area contributed by atoms with Crippen molar-refractivity contribution in [2.24, 2.45) is 0 Å². The maximum atomic E-state index is 10.2. The fourth-order valence-electron chi connectivity index (χ4n) is 2.16. The summed E-state index contributed by atoms with van der Waals surface area (Å²) >= 11 is 0. The zero-order valence-corrected chi connectivity index (χ0v) is 8.92. The van der Waals surface area contributed by atoms with Gasteiger partial charge in [0.1, 0.15) is 5.75 Å². The summed E-state index contributed by atoms with van der Waals surface area (Å²) < 4.78 is 0. The Morgan fingerprint density at radius 3 is 1.53 bits per heavy atom. The molecule has 0 spiro atoms. The lowest BCUT2D eigenvalue weighted by atomic mass is 10.0. The Balaban J connectivity index is 2.63. The molecule has 0 heterocycles. The van der Waals surface area contributed by atoms with Crippen LogP contribution in [0.1, 0.15) is 0 Å². The monoisotopic (exact) mass is 226 g/mol. The third kappa shape index (κ3) is 1.33. The van der Waals surface area contributed by atoms with Gasteiger partial charge in [0, 0.05) is 21.5 Å². The first-order valence-electron chi connectivity index (χ1n) is 5.27. The average Bonchev–Trinajstić information content (AvgIpc) is 2.40. The van der Waals surface area contributed by atoms with Crippen LogP contribution in [0.3, 0.4) is 0 Å². The van der Waals surface area contributed by atoms with Crippen molar-refractivity contribution in [1.82, 2.24) is 0 Å². The van der Waals surface area contributed by atoms with Crippen LogP contribution in [0.2, 0.25) is 0 Å². The topological polar surface area (TPSA) is 49.7 Å². The van der Waals surface area contributed by atoms with Crippen LogP contribution < -0.4 is 4.89 Å². The molecule has 0 saturated carbocycles. The molecule has 0 aliphatic heterocycles. The van der Waals surface area contributed by atoms with Crippen molar-refractivity contribution >= 4 is 21.5 Å². The van der Waals surface area contributed by atoms with Gasteiger partial charge in [0.25, 0.3) is 0 Å². The Morgan fingerprint density at radius 1 is 0.706 bits per heavy atom. The highest BCUT2D eigenvalue weighted by Gasteiger charge is 2.13. The second-order valence-electron chi connectivity index (χ2n) is 3.86. The highest BCUT2D eigenvalue weighted by Crippen LogP contribution is 2.41. The van der Waals surface area contributed by atoms with E-state index in [-0.39, 0.29) is 5.75 Å². The van der Waals surface area contributed by atoms with Crippen molar-refractivity contribution in [2.75, 3.05) is 0 Å². The Kier molecular flexibility index (Phi) is 2.13. The molecule has 3 aromatic carbocycles. The largest absolute Gasteiger partial charge is 0.507 e. The predicted octanol–water partition coefficient (Wildman–Crippen LogP) is 3.55. The maximum Gasteiger partial charge on any atom is 0.180 e. The zero-order chi connectivity index (χ0) is 11.8. The molecule has 0 unspecified atom stereocenters. The van der Waals surface area contributed by atoms with Crippen LogP contribution in [-0.4, -0.2) is 10.4 Å². The van der Waals surface area contributed by atoms with E-state index in [2.05, 4.69) is 4.89 Å². The summed E-state index contributed by atoms with van der Waals surface area (Å²) in [6.45, 7) is 0. The normalized spacial score (nSPS) is 10.9. The van der Waals surface area contributed by atoms with E-state index in [1.807, 2.05) is 24.3 Å². The highest BCUT2D eigenvalue weighted by atomic mass is 17.1. The molecule has 0 aliphatic carbocycles. The second-order valence-corrected chi connectivity index (χ2v) is 3.86. The molecule has 2 N–H and O–H groups in total. The lowest BCUT2D eigenvalue weighted by Gasteiger charge is -2.10.